The smallest absolute Gasteiger partial charge is 0.133 e. The van der Waals surface area contributed by atoms with Crippen molar-refractivity contribution in [3.63, 3.8) is 0 Å². The van der Waals surface area contributed by atoms with Gasteiger partial charge in [0.25, 0.3) is 0 Å². The Morgan fingerprint density at radius 1 is 1.00 bits per heavy atom. The second-order valence-corrected chi connectivity index (χ2v) is 3.68. The molecule has 0 radical (unpaired) electrons. The summed E-state index contributed by atoms with van der Waals surface area (Å²) in [5.41, 5.74) is 0. The van der Waals surface area contributed by atoms with E-state index in [9.17, 15) is 0 Å². The lowest BCUT2D eigenvalue weighted by atomic mass is 10.4. The molecule has 0 fully saturated rings. The van der Waals surface area contributed by atoms with Crippen LogP contribution in [0.25, 0.3) is 0 Å². The predicted octanol–water partition coefficient (Wildman–Crippen LogP) is 2.11. The summed E-state index contributed by atoms with van der Waals surface area (Å²) in [5, 5.41) is 15.8. The standard InChI is InChI=1S/C7H7N4P/c1-2-4-6(5-3-1)12-7-8-10-11-9-7/h1-5,7,12H. The van der Waals surface area contributed by atoms with Gasteiger partial charge in [0, 0.05) is 0 Å². The second kappa shape index (κ2) is 3.50. The van der Waals surface area contributed by atoms with Gasteiger partial charge in [-0.15, -0.1) is 10.2 Å². The molecule has 1 aromatic carbocycles. The largest absolute Gasteiger partial charge is 0.204 e. The molecule has 0 aliphatic carbocycles. The lowest BCUT2D eigenvalue weighted by molar-refractivity contribution is 0.965. The first kappa shape index (κ1) is 7.50. The Bertz CT molecular complexity index is 296. The molecule has 0 bridgehead atoms. The molecule has 1 aliphatic rings. The highest BCUT2D eigenvalue weighted by atomic mass is 31.1. The van der Waals surface area contributed by atoms with E-state index in [1.807, 2.05) is 18.2 Å². The van der Waals surface area contributed by atoms with Crippen molar-refractivity contribution in [1.82, 2.24) is 0 Å². The third-order valence-corrected chi connectivity index (χ3v) is 2.59. The van der Waals surface area contributed by atoms with Gasteiger partial charge < -0.3 is 0 Å². The second-order valence-electron chi connectivity index (χ2n) is 2.29. The molecule has 0 saturated carbocycles. The van der Waals surface area contributed by atoms with Crippen LogP contribution in [0.15, 0.2) is 51.0 Å². The number of hydrogen-bond donors (Lipinski definition) is 0. The predicted molar refractivity (Wildman–Crippen MR) is 47.9 cm³/mol. The highest BCUT2D eigenvalue weighted by molar-refractivity contribution is 7.47. The van der Waals surface area contributed by atoms with Crippen LogP contribution in [0.3, 0.4) is 0 Å². The Hall–Kier alpha value is -1.15. The molecular weight excluding hydrogens is 171 g/mol. The Labute approximate surface area is 71.6 Å². The maximum absolute atomic E-state index is 3.83. The molecule has 1 unspecified atom stereocenters. The van der Waals surface area contributed by atoms with Crippen LogP contribution in [0.5, 0.6) is 0 Å². The summed E-state index contributed by atoms with van der Waals surface area (Å²) in [4.78, 5) is 0. The van der Waals surface area contributed by atoms with Gasteiger partial charge in [-0.2, -0.15) is 0 Å². The Morgan fingerprint density at radius 2 is 1.67 bits per heavy atom. The molecule has 1 aromatic rings. The number of rotatable bonds is 2. The molecule has 0 spiro atoms. The van der Waals surface area contributed by atoms with Crippen LogP contribution in [-0.4, -0.2) is 5.91 Å². The van der Waals surface area contributed by atoms with Gasteiger partial charge in [-0.05, 0) is 24.3 Å². The number of nitrogens with zero attached hydrogens (tertiary/aromatic N) is 4. The van der Waals surface area contributed by atoms with E-state index in [0.29, 0.717) is 8.58 Å². The lowest BCUT2D eigenvalue weighted by Gasteiger charge is -1.99. The molecular formula is C7H7N4P. The fraction of sp³-hybridized carbons (Fsp3) is 0.143. The molecule has 0 N–H and O–H groups in total. The van der Waals surface area contributed by atoms with Crippen LogP contribution >= 0.6 is 8.58 Å². The van der Waals surface area contributed by atoms with Crippen LogP contribution in [0, 0.1) is 0 Å². The van der Waals surface area contributed by atoms with Crippen LogP contribution in [0.1, 0.15) is 0 Å². The van der Waals surface area contributed by atoms with E-state index in [-0.39, 0.29) is 5.91 Å². The molecule has 1 aliphatic heterocycles. The van der Waals surface area contributed by atoms with E-state index >= 15 is 0 Å². The van der Waals surface area contributed by atoms with E-state index in [0.717, 1.165) is 0 Å². The fourth-order valence-corrected chi connectivity index (χ4v) is 1.81. The van der Waals surface area contributed by atoms with Gasteiger partial charge >= 0.3 is 0 Å². The van der Waals surface area contributed by atoms with Crippen molar-refractivity contribution in [3.05, 3.63) is 30.3 Å². The Kier molecular flexibility index (Phi) is 2.19. The molecule has 1 heterocycles. The molecule has 60 valence electrons. The molecule has 0 saturated heterocycles. The minimum absolute atomic E-state index is 0.0765. The lowest BCUT2D eigenvalue weighted by Crippen LogP contribution is -1.98. The number of hydrogen-bond acceptors (Lipinski definition) is 4. The van der Waals surface area contributed by atoms with Crippen LogP contribution in [0.2, 0.25) is 0 Å². The van der Waals surface area contributed by atoms with Crippen molar-refractivity contribution in [2.75, 3.05) is 0 Å². The fourth-order valence-electron chi connectivity index (χ4n) is 0.908. The normalized spacial score (nSPS) is 16.7. The zero-order valence-electron chi connectivity index (χ0n) is 6.25. The van der Waals surface area contributed by atoms with Crippen molar-refractivity contribution >= 4 is 13.9 Å². The summed E-state index contributed by atoms with van der Waals surface area (Å²) in [7, 11) is 0.537. The highest BCUT2D eigenvalue weighted by Gasteiger charge is 2.08. The van der Waals surface area contributed by atoms with Crippen LogP contribution in [0.4, 0.5) is 0 Å². The first-order valence-corrected chi connectivity index (χ1v) is 4.64. The average Bonchev–Trinajstić information content (AvgIpc) is 2.59. The minimum Gasteiger partial charge on any atom is -0.133 e. The topological polar surface area (TPSA) is 49.4 Å². The molecule has 12 heavy (non-hydrogen) atoms. The maximum Gasteiger partial charge on any atom is 0.204 e. The molecule has 0 aromatic heterocycles. The molecule has 5 heteroatoms. The van der Waals surface area contributed by atoms with Gasteiger partial charge in [0.1, 0.15) is 0 Å². The van der Waals surface area contributed by atoms with Gasteiger partial charge in [-0.3, -0.25) is 0 Å². The maximum atomic E-state index is 3.83. The first-order chi connectivity index (χ1) is 5.95. The van der Waals surface area contributed by atoms with Gasteiger partial charge in [0.2, 0.25) is 5.91 Å². The van der Waals surface area contributed by atoms with E-state index < -0.39 is 0 Å². The van der Waals surface area contributed by atoms with Gasteiger partial charge in [-0.1, -0.05) is 30.3 Å². The number of benzene rings is 1. The van der Waals surface area contributed by atoms with E-state index in [1.165, 1.54) is 5.30 Å². The third-order valence-electron chi connectivity index (χ3n) is 1.43. The molecule has 1 atom stereocenters. The summed E-state index contributed by atoms with van der Waals surface area (Å²) >= 11 is 0. The van der Waals surface area contributed by atoms with Crippen molar-refractivity contribution < 1.29 is 0 Å². The van der Waals surface area contributed by atoms with Gasteiger partial charge in [0.15, 0.2) is 0 Å². The molecule has 0 amide bonds. The summed E-state index contributed by atoms with van der Waals surface area (Å²) in [6, 6.07) is 10.1. The van der Waals surface area contributed by atoms with E-state index in [2.05, 4.69) is 32.8 Å². The van der Waals surface area contributed by atoms with E-state index in [4.69, 9.17) is 0 Å². The first-order valence-electron chi connectivity index (χ1n) is 3.57. The zero-order valence-corrected chi connectivity index (χ0v) is 7.25. The summed E-state index contributed by atoms with van der Waals surface area (Å²) in [5.74, 6) is -0.0765. The zero-order chi connectivity index (χ0) is 8.23. The Morgan fingerprint density at radius 3 is 2.33 bits per heavy atom. The van der Waals surface area contributed by atoms with Crippen molar-refractivity contribution in [3.8, 4) is 0 Å². The summed E-state index contributed by atoms with van der Waals surface area (Å²) in [6.45, 7) is 0. The summed E-state index contributed by atoms with van der Waals surface area (Å²) < 4.78 is 0. The van der Waals surface area contributed by atoms with Crippen molar-refractivity contribution in [1.29, 1.82) is 0 Å². The minimum atomic E-state index is -0.0765. The average molecular weight is 178 g/mol. The molecule has 2 rings (SSSR count). The molecule has 4 nitrogen and oxygen atoms in total. The summed E-state index contributed by atoms with van der Waals surface area (Å²) in [6.07, 6.45) is 0. The van der Waals surface area contributed by atoms with Crippen molar-refractivity contribution in [2.45, 2.75) is 5.91 Å². The third kappa shape index (κ3) is 1.71. The van der Waals surface area contributed by atoms with Gasteiger partial charge in [0.05, 0.1) is 0 Å². The van der Waals surface area contributed by atoms with Crippen LogP contribution in [-0.2, 0) is 0 Å². The van der Waals surface area contributed by atoms with Gasteiger partial charge in [-0.25, -0.2) is 0 Å². The SMILES string of the molecule is c1ccc(PC2N=NN=N2)cc1. The quantitative estimate of drug-likeness (QED) is 0.623. The highest BCUT2D eigenvalue weighted by Crippen LogP contribution is 2.24. The Balaban J connectivity index is 2.04. The van der Waals surface area contributed by atoms with Crippen LogP contribution < -0.4 is 5.30 Å². The monoisotopic (exact) mass is 178 g/mol. The van der Waals surface area contributed by atoms with Crippen molar-refractivity contribution in [2.24, 2.45) is 20.7 Å². The van der Waals surface area contributed by atoms with E-state index in [1.54, 1.807) is 0 Å².